The Balaban J connectivity index is 2.05. The third-order valence-corrected chi connectivity index (χ3v) is 8.69. The number of aryl methyl sites for hydroxylation is 1. The first-order valence-corrected chi connectivity index (χ1v) is 15.0. The Labute approximate surface area is 242 Å². The number of nitrogens with one attached hydrogen (secondary N) is 1. The van der Waals surface area contributed by atoms with Crippen LogP contribution in [0.3, 0.4) is 0 Å². The van der Waals surface area contributed by atoms with E-state index in [1.165, 1.54) is 29.2 Å². The second-order valence-corrected chi connectivity index (χ2v) is 11.8. The van der Waals surface area contributed by atoms with E-state index in [1.807, 2.05) is 20.8 Å². The highest BCUT2D eigenvalue weighted by atomic mass is 32.2. The Bertz CT molecular complexity index is 1410. The van der Waals surface area contributed by atoms with Crippen molar-refractivity contribution in [3.8, 4) is 5.75 Å². The normalized spacial score (nSPS) is 12.7. The average molecular weight is 584 g/mol. The van der Waals surface area contributed by atoms with Gasteiger partial charge in [0.25, 0.3) is 10.0 Å². The summed E-state index contributed by atoms with van der Waals surface area (Å²) in [7, 11) is -2.67. The predicted octanol–water partition coefficient (Wildman–Crippen LogP) is 5.06. The van der Waals surface area contributed by atoms with Crippen LogP contribution < -0.4 is 14.4 Å². The van der Waals surface area contributed by atoms with E-state index >= 15 is 0 Å². The highest BCUT2D eigenvalue weighted by Crippen LogP contribution is 2.26. The first kappa shape index (κ1) is 31.6. The zero-order valence-corrected chi connectivity index (χ0v) is 24.9. The van der Waals surface area contributed by atoms with E-state index in [0.717, 1.165) is 27.6 Å². The Kier molecular flexibility index (Phi) is 10.9. The SMILES string of the molecule is CC[C@@H](C)NC(=O)[C@H](CC)N(Cc1ccc(OC)cc1)C(=O)CN(c1ccc(F)cc1)S(=O)(=O)c1ccc(C)cc1. The molecule has 3 aromatic carbocycles. The van der Waals surface area contributed by atoms with Gasteiger partial charge in [0, 0.05) is 12.6 Å². The van der Waals surface area contributed by atoms with Crippen LogP contribution >= 0.6 is 0 Å². The molecule has 0 spiro atoms. The van der Waals surface area contributed by atoms with Gasteiger partial charge in [-0.1, -0.05) is 43.7 Å². The van der Waals surface area contributed by atoms with E-state index in [9.17, 15) is 22.4 Å². The third-order valence-electron chi connectivity index (χ3n) is 6.90. The topological polar surface area (TPSA) is 96.0 Å². The lowest BCUT2D eigenvalue weighted by Crippen LogP contribution is -2.53. The highest BCUT2D eigenvalue weighted by Gasteiger charge is 2.34. The first-order chi connectivity index (χ1) is 19.5. The quantitative estimate of drug-likeness (QED) is 0.304. The van der Waals surface area contributed by atoms with Gasteiger partial charge >= 0.3 is 0 Å². The summed E-state index contributed by atoms with van der Waals surface area (Å²) in [6, 6.07) is 17.3. The minimum atomic E-state index is -4.22. The van der Waals surface area contributed by atoms with Gasteiger partial charge < -0.3 is 15.0 Å². The molecule has 10 heteroatoms. The zero-order valence-electron chi connectivity index (χ0n) is 24.1. The van der Waals surface area contributed by atoms with Crippen LogP contribution in [0.1, 0.15) is 44.7 Å². The molecule has 0 aliphatic carbocycles. The summed E-state index contributed by atoms with van der Waals surface area (Å²) in [5.74, 6) is -0.799. The molecule has 220 valence electrons. The standard InChI is InChI=1S/C31H38FN3O5S/c1-6-23(4)33-31(37)29(7-2)34(20-24-10-16-27(40-5)17-11-24)30(36)21-35(26-14-12-25(32)13-15-26)41(38,39)28-18-8-22(3)9-19-28/h8-19,23,29H,6-7,20-21H2,1-5H3,(H,33,37)/t23-,29+/m1/s1. The van der Waals surface area contributed by atoms with E-state index in [4.69, 9.17) is 4.74 Å². The smallest absolute Gasteiger partial charge is 0.264 e. The summed E-state index contributed by atoms with van der Waals surface area (Å²) in [5, 5.41) is 2.95. The van der Waals surface area contributed by atoms with Crippen molar-refractivity contribution >= 4 is 27.5 Å². The van der Waals surface area contributed by atoms with Gasteiger partial charge in [0.05, 0.1) is 17.7 Å². The summed E-state index contributed by atoms with van der Waals surface area (Å²) in [6.45, 7) is 6.94. The molecule has 2 atom stereocenters. The van der Waals surface area contributed by atoms with Crippen molar-refractivity contribution in [2.75, 3.05) is 18.0 Å². The summed E-state index contributed by atoms with van der Waals surface area (Å²) in [6.07, 6.45) is 1.02. The minimum Gasteiger partial charge on any atom is -0.497 e. The largest absolute Gasteiger partial charge is 0.497 e. The van der Waals surface area contributed by atoms with E-state index in [-0.39, 0.29) is 29.1 Å². The number of ether oxygens (including phenoxy) is 1. The average Bonchev–Trinajstić information content (AvgIpc) is 2.96. The maximum absolute atomic E-state index is 14.1. The summed E-state index contributed by atoms with van der Waals surface area (Å²) < 4.78 is 47.7. The lowest BCUT2D eigenvalue weighted by molar-refractivity contribution is -0.140. The van der Waals surface area contributed by atoms with Crippen molar-refractivity contribution in [1.82, 2.24) is 10.2 Å². The van der Waals surface area contributed by atoms with Crippen molar-refractivity contribution < 1.29 is 27.1 Å². The number of nitrogens with zero attached hydrogens (tertiary/aromatic N) is 2. The monoisotopic (exact) mass is 583 g/mol. The molecule has 0 saturated carbocycles. The van der Waals surface area contributed by atoms with Crippen LogP contribution in [0.2, 0.25) is 0 Å². The van der Waals surface area contributed by atoms with Gasteiger partial charge in [-0.2, -0.15) is 0 Å². The van der Waals surface area contributed by atoms with Gasteiger partial charge in [-0.25, -0.2) is 12.8 Å². The second-order valence-electron chi connectivity index (χ2n) is 9.91. The Morgan fingerprint density at radius 2 is 1.54 bits per heavy atom. The molecule has 0 bridgehead atoms. The van der Waals surface area contributed by atoms with Gasteiger partial charge in [0.2, 0.25) is 11.8 Å². The molecule has 2 amide bonds. The van der Waals surface area contributed by atoms with E-state index in [2.05, 4.69) is 5.32 Å². The van der Waals surface area contributed by atoms with E-state index in [1.54, 1.807) is 50.4 Å². The van der Waals surface area contributed by atoms with Gasteiger partial charge in [0.15, 0.2) is 0 Å². The van der Waals surface area contributed by atoms with Crippen LogP contribution in [0.25, 0.3) is 0 Å². The van der Waals surface area contributed by atoms with Crippen LogP contribution in [-0.2, 0) is 26.2 Å². The maximum Gasteiger partial charge on any atom is 0.264 e. The van der Waals surface area contributed by atoms with Gasteiger partial charge in [-0.05, 0) is 80.8 Å². The molecule has 0 saturated heterocycles. The lowest BCUT2D eigenvalue weighted by Gasteiger charge is -2.33. The summed E-state index contributed by atoms with van der Waals surface area (Å²) >= 11 is 0. The number of carbonyl (C=O) groups excluding carboxylic acids is 2. The summed E-state index contributed by atoms with van der Waals surface area (Å²) in [5.41, 5.74) is 1.74. The minimum absolute atomic E-state index is 0.0107. The fourth-order valence-corrected chi connectivity index (χ4v) is 5.68. The molecular weight excluding hydrogens is 545 g/mol. The van der Waals surface area contributed by atoms with Crippen molar-refractivity contribution in [3.63, 3.8) is 0 Å². The number of halogens is 1. The molecule has 1 N–H and O–H groups in total. The van der Waals surface area contributed by atoms with Gasteiger partial charge in [-0.15, -0.1) is 0 Å². The molecule has 41 heavy (non-hydrogen) atoms. The first-order valence-electron chi connectivity index (χ1n) is 13.6. The van der Waals surface area contributed by atoms with Gasteiger partial charge in [-0.3, -0.25) is 13.9 Å². The fourth-order valence-electron chi connectivity index (χ4n) is 4.26. The van der Waals surface area contributed by atoms with Gasteiger partial charge in [0.1, 0.15) is 24.2 Å². The lowest BCUT2D eigenvalue weighted by atomic mass is 10.1. The van der Waals surface area contributed by atoms with Crippen LogP contribution in [0, 0.1) is 12.7 Å². The number of amides is 2. The van der Waals surface area contributed by atoms with E-state index in [0.29, 0.717) is 18.6 Å². The molecule has 0 unspecified atom stereocenters. The fraction of sp³-hybridized carbons (Fsp3) is 0.355. The van der Waals surface area contributed by atoms with Crippen molar-refractivity contribution in [3.05, 3.63) is 89.7 Å². The number of sulfonamides is 1. The number of methoxy groups -OCH3 is 1. The number of hydrogen-bond acceptors (Lipinski definition) is 5. The number of carbonyl (C=O) groups is 2. The maximum atomic E-state index is 14.1. The summed E-state index contributed by atoms with van der Waals surface area (Å²) in [4.78, 5) is 28.8. The molecule has 3 aromatic rings. The van der Waals surface area contributed by atoms with Crippen LogP contribution in [-0.4, -0.2) is 50.9 Å². The highest BCUT2D eigenvalue weighted by molar-refractivity contribution is 7.92. The zero-order chi connectivity index (χ0) is 30.2. The van der Waals surface area contributed by atoms with Crippen LogP contribution in [0.15, 0.2) is 77.7 Å². The van der Waals surface area contributed by atoms with Crippen LogP contribution in [0.5, 0.6) is 5.75 Å². The molecule has 0 aromatic heterocycles. The molecular formula is C31H38FN3O5S. The van der Waals surface area contributed by atoms with E-state index < -0.39 is 34.3 Å². The Hall–Kier alpha value is -3.92. The Morgan fingerprint density at radius 1 is 0.927 bits per heavy atom. The Morgan fingerprint density at radius 3 is 2.07 bits per heavy atom. The molecule has 0 heterocycles. The molecule has 3 rings (SSSR count). The number of benzene rings is 3. The van der Waals surface area contributed by atoms with Crippen molar-refractivity contribution in [2.24, 2.45) is 0 Å². The number of anilines is 1. The molecule has 8 nitrogen and oxygen atoms in total. The predicted molar refractivity (Wildman–Crippen MR) is 158 cm³/mol. The van der Waals surface area contributed by atoms with Crippen LogP contribution in [0.4, 0.5) is 10.1 Å². The number of rotatable bonds is 13. The van der Waals surface area contributed by atoms with Crippen molar-refractivity contribution in [2.45, 2.75) is 64.1 Å². The molecule has 0 radical (unpaired) electrons. The molecule has 0 aliphatic heterocycles. The number of hydrogen-bond donors (Lipinski definition) is 1. The molecule has 0 aliphatic rings. The second kappa shape index (κ2) is 14.1. The van der Waals surface area contributed by atoms with Crippen molar-refractivity contribution in [1.29, 1.82) is 0 Å². The molecule has 0 fully saturated rings. The third kappa shape index (κ3) is 8.07.